The lowest BCUT2D eigenvalue weighted by Crippen LogP contribution is -2.22. The number of aliphatic hydroxyl groups is 1. The molecule has 0 aliphatic heterocycles. The van der Waals surface area contributed by atoms with E-state index in [1.807, 2.05) is 0 Å². The Balaban J connectivity index is 2.41. The summed E-state index contributed by atoms with van der Waals surface area (Å²) in [5.41, 5.74) is 1.00. The van der Waals surface area contributed by atoms with Crippen LogP contribution in [0.3, 0.4) is 0 Å². The number of aromatic nitrogens is 3. The number of carbonyl (C=O) groups is 1. The Bertz CT molecular complexity index is 590. The molecule has 1 amide bonds. The first-order valence-corrected chi connectivity index (χ1v) is 5.91. The number of hydrogen-bond donors (Lipinski definition) is 1. The largest absolute Gasteiger partial charge is 0.389 e. The van der Waals surface area contributed by atoms with Crippen molar-refractivity contribution in [3.05, 3.63) is 41.9 Å². The van der Waals surface area contributed by atoms with E-state index in [0.29, 0.717) is 17.1 Å². The number of carbonyl (C=O) groups excluding carboxylic acids is 1. The first-order valence-electron chi connectivity index (χ1n) is 5.91. The number of pyridine rings is 1. The maximum absolute atomic E-state index is 11.8. The molecule has 0 saturated carbocycles. The highest BCUT2D eigenvalue weighted by atomic mass is 16.3. The summed E-state index contributed by atoms with van der Waals surface area (Å²) in [6, 6.07) is 5.16. The van der Waals surface area contributed by atoms with Crippen LogP contribution < -0.4 is 0 Å². The van der Waals surface area contributed by atoms with Crippen LogP contribution in [0.25, 0.3) is 5.82 Å². The molecule has 2 aromatic rings. The van der Waals surface area contributed by atoms with Crippen LogP contribution in [0.2, 0.25) is 0 Å². The van der Waals surface area contributed by atoms with Gasteiger partial charge in [0.2, 0.25) is 0 Å². The Labute approximate surface area is 111 Å². The molecule has 6 nitrogen and oxygen atoms in total. The highest BCUT2D eigenvalue weighted by Gasteiger charge is 2.15. The van der Waals surface area contributed by atoms with E-state index in [1.54, 1.807) is 51.6 Å². The van der Waals surface area contributed by atoms with Crippen molar-refractivity contribution in [2.45, 2.75) is 13.0 Å². The fraction of sp³-hybridized carbons (Fsp3) is 0.308. The van der Waals surface area contributed by atoms with E-state index in [0.717, 1.165) is 0 Å². The zero-order valence-electron chi connectivity index (χ0n) is 11.1. The first-order chi connectivity index (χ1) is 9.00. The monoisotopic (exact) mass is 260 g/mol. The van der Waals surface area contributed by atoms with E-state index in [1.165, 1.54) is 9.58 Å². The zero-order chi connectivity index (χ0) is 14.0. The molecule has 0 unspecified atom stereocenters. The van der Waals surface area contributed by atoms with Crippen LogP contribution in [0.4, 0.5) is 0 Å². The van der Waals surface area contributed by atoms with E-state index < -0.39 is 6.10 Å². The van der Waals surface area contributed by atoms with E-state index >= 15 is 0 Å². The molecule has 0 bridgehead atoms. The molecule has 1 atom stereocenters. The second-order valence-electron chi connectivity index (χ2n) is 4.44. The summed E-state index contributed by atoms with van der Waals surface area (Å²) in [6.07, 6.45) is 2.63. The van der Waals surface area contributed by atoms with E-state index in [-0.39, 0.29) is 5.91 Å². The summed E-state index contributed by atoms with van der Waals surface area (Å²) >= 11 is 0. The van der Waals surface area contributed by atoms with Crippen LogP contribution in [0.1, 0.15) is 29.1 Å². The topological polar surface area (TPSA) is 71.2 Å². The molecule has 2 heterocycles. The number of aliphatic hydroxyl groups excluding tert-OH is 1. The third-order valence-corrected chi connectivity index (χ3v) is 2.70. The van der Waals surface area contributed by atoms with Gasteiger partial charge in [0.1, 0.15) is 0 Å². The smallest absolute Gasteiger partial charge is 0.273 e. The molecule has 100 valence electrons. The molecule has 0 spiro atoms. The van der Waals surface area contributed by atoms with Crippen molar-refractivity contribution in [3.8, 4) is 5.82 Å². The predicted molar refractivity (Wildman–Crippen MR) is 70.0 cm³/mol. The molecule has 1 N–H and O–H groups in total. The van der Waals surface area contributed by atoms with Gasteiger partial charge in [-0.3, -0.25) is 4.79 Å². The number of nitrogens with zero attached hydrogens (tertiary/aromatic N) is 4. The Morgan fingerprint density at radius 3 is 2.79 bits per heavy atom. The molecular weight excluding hydrogens is 244 g/mol. The zero-order valence-corrected chi connectivity index (χ0v) is 11.1. The Morgan fingerprint density at radius 2 is 2.16 bits per heavy atom. The maximum Gasteiger partial charge on any atom is 0.273 e. The van der Waals surface area contributed by atoms with Gasteiger partial charge in [-0.1, -0.05) is 6.07 Å². The number of hydrogen-bond acceptors (Lipinski definition) is 4. The standard InChI is InChI=1S/C13H16N4O2/c1-9(18)10-5-4-7-14-12(10)17-8-6-11(15-17)13(19)16(2)3/h4-9,18H,1-3H3/t9-/m1/s1. The molecule has 2 aromatic heterocycles. The second kappa shape index (κ2) is 5.19. The molecule has 0 fully saturated rings. The van der Waals surface area contributed by atoms with Gasteiger partial charge in [-0.25, -0.2) is 9.67 Å². The summed E-state index contributed by atoms with van der Waals surface area (Å²) in [5, 5.41) is 13.9. The lowest BCUT2D eigenvalue weighted by molar-refractivity contribution is 0.0821. The number of rotatable bonds is 3. The summed E-state index contributed by atoms with van der Waals surface area (Å²) in [4.78, 5) is 17.5. The highest BCUT2D eigenvalue weighted by molar-refractivity contribution is 5.91. The van der Waals surface area contributed by atoms with Crippen LogP contribution in [-0.2, 0) is 0 Å². The Kier molecular flexibility index (Phi) is 3.62. The molecule has 0 aromatic carbocycles. The van der Waals surface area contributed by atoms with Gasteiger partial charge in [0.25, 0.3) is 5.91 Å². The van der Waals surface area contributed by atoms with Crippen molar-refractivity contribution in [1.82, 2.24) is 19.7 Å². The summed E-state index contributed by atoms with van der Waals surface area (Å²) in [5.74, 6) is 0.351. The van der Waals surface area contributed by atoms with Gasteiger partial charge in [0.15, 0.2) is 11.5 Å². The minimum Gasteiger partial charge on any atom is -0.389 e. The highest BCUT2D eigenvalue weighted by Crippen LogP contribution is 2.18. The van der Waals surface area contributed by atoms with Crippen LogP contribution in [0, 0.1) is 0 Å². The lowest BCUT2D eigenvalue weighted by Gasteiger charge is -2.10. The molecular formula is C13H16N4O2. The minimum atomic E-state index is -0.652. The van der Waals surface area contributed by atoms with Crippen molar-refractivity contribution in [2.75, 3.05) is 14.1 Å². The Hall–Kier alpha value is -2.21. The van der Waals surface area contributed by atoms with E-state index in [9.17, 15) is 9.90 Å². The van der Waals surface area contributed by atoms with Gasteiger partial charge in [0.05, 0.1) is 6.10 Å². The van der Waals surface area contributed by atoms with Gasteiger partial charge < -0.3 is 10.0 Å². The van der Waals surface area contributed by atoms with Crippen molar-refractivity contribution < 1.29 is 9.90 Å². The molecule has 0 aliphatic carbocycles. The molecule has 0 radical (unpaired) electrons. The van der Waals surface area contributed by atoms with Crippen LogP contribution in [0.15, 0.2) is 30.6 Å². The summed E-state index contributed by atoms with van der Waals surface area (Å²) in [7, 11) is 3.34. The average molecular weight is 260 g/mol. The van der Waals surface area contributed by atoms with E-state index in [4.69, 9.17) is 0 Å². The van der Waals surface area contributed by atoms with Crippen molar-refractivity contribution in [3.63, 3.8) is 0 Å². The van der Waals surface area contributed by atoms with Crippen molar-refractivity contribution in [1.29, 1.82) is 0 Å². The van der Waals surface area contributed by atoms with Gasteiger partial charge in [0, 0.05) is 32.1 Å². The average Bonchev–Trinajstić information content (AvgIpc) is 2.87. The summed E-state index contributed by atoms with van der Waals surface area (Å²) < 4.78 is 1.50. The van der Waals surface area contributed by atoms with Gasteiger partial charge >= 0.3 is 0 Å². The molecule has 0 saturated heterocycles. The minimum absolute atomic E-state index is 0.173. The number of amides is 1. The summed E-state index contributed by atoms with van der Waals surface area (Å²) in [6.45, 7) is 1.66. The molecule has 2 rings (SSSR count). The van der Waals surface area contributed by atoms with Gasteiger partial charge in [-0.2, -0.15) is 5.10 Å². The first kappa shape index (κ1) is 13.2. The third kappa shape index (κ3) is 2.63. The normalized spacial score (nSPS) is 12.2. The predicted octanol–water partition coefficient (Wildman–Crippen LogP) is 1.02. The SMILES string of the molecule is C[C@@H](O)c1cccnc1-n1ccc(C(=O)N(C)C)n1. The van der Waals surface area contributed by atoms with Gasteiger partial charge in [-0.05, 0) is 19.1 Å². The Morgan fingerprint density at radius 1 is 1.42 bits per heavy atom. The quantitative estimate of drug-likeness (QED) is 0.894. The van der Waals surface area contributed by atoms with Crippen molar-refractivity contribution >= 4 is 5.91 Å². The third-order valence-electron chi connectivity index (χ3n) is 2.70. The molecule has 6 heteroatoms. The fourth-order valence-electron chi connectivity index (χ4n) is 1.71. The lowest BCUT2D eigenvalue weighted by atomic mass is 10.1. The van der Waals surface area contributed by atoms with Crippen LogP contribution >= 0.6 is 0 Å². The maximum atomic E-state index is 11.8. The molecule has 19 heavy (non-hydrogen) atoms. The molecule has 0 aliphatic rings. The van der Waals surface area contributed by atoms with Gasteiger partial charge in [-0.15, -0.1) is 0 Å². The van der Waals surface area contributed by atoms with Crippen LogP contribution in [-0.4, -0.2) is 44.8 Å². The van der Waals surface area contributed by atoms with E-state index in [2.05, 4.69) is 10.1 Å². The van der Waals surface area contributed by atoms with Crippen LogP contribution in [0.5, 0.6) is 0 Å². The fourth-order valence-corrected chi connectivity index (χ4v) is 1.71. The second-order valence-corrected chi connectivity index (χ2v) is 4.44. The van der Waals surface area contributed by atoms with Crippen molar-refractivity contribution in [2.24, 2.45) is 0 Å².